The summed E-state index contributed by atoms with van der Waals surface area (Å²) in [4.78, 5) is 2.65. The van der Waals surface area contributed by atoms with Crippen molar-refractivity contribution in [3.8, 4) is 5.75 Å². The standard InChI is InChI=1S/C17H26N2O/c1-20-16-5-3-15(4-6-16)13-19-12-2-7-17(14-19)8-10-18-11-9-17/h3-6,18H,2,7-14H2,1H3. The summed E-state index contributed by atoms with van der Waals surface area (Å²) in [7, 11) is 1.72. The highest BCUT2D eigenvalue weighted by Crippen LogP contribution is 2.38. The molecule has 1 spiro atoms. The molecule has 2 aliphatic rings. The minimum Gasteiger partial charge on any atom is -0.497 e. The maximum absolute atomic E-state index is 5.23. The molecule has 1 N–H and O–H groups in total. The number of nitrogens with one attached hydrogen (secondary N) is 1. The predicted octanol–water partition coefficient (Wildman–Crippen LogP) is 2.66. The second-order valence-electron chi connectivity index (χ2n) is 6.41. The molecule has 0 radical (unpaired) electrons. The molecule has 3 nitrogen and oxygen atoms in total. The van der Waals surface area contributed by atoms with Gasteiger partial charge in [0.05, 0.1) is 7.11 Å². The van der Waals surface area contributed by atoms with Gasteiger partial charge in [0, 0.05) is 13.1 Å². The van der Waals surface area contributed by atoms with Crippen molar-refractivity contribution in [2.24, 2.45) is 5.41 Å². The lowest BCUT2D eigenvalue weighted by Crippen LogP contribution is -2.48. The number of rotatable bonds is 3. The Kier molecular flexibility index (Phi) is 4.27. The average Bonchev–Trinajstić information content (AvgIpc) is 2.49. The Hall–Kier alpha value is -1.06. The van der Waals surface area contributed by atoms with Gasteiger partial charge in [0.25, 0.3) is 0 Å². The Labute approximate surface area is 122 Å². The van der Waals surface area contributed by atoms with Gasteiger partial charge >= 0.3 is 0 Å². The van der Waals surface area contributed by atoms with Crippen LogP contribution in [-0.4, -0.2) is 38.2 Å². The first-order valence-electron chi connectivity index (χ1n) is 7.86. The Balaban J connectivity index is 1.61. The van der Waals surface area contributed by atoms with Gasteiger partial charge in [-0.15, -0.1) is 0 Å². The monoisotopic (exact) mass is 274 g/mol. The van der Waals surface area contributed by atoms with Crippen LogP contribution in [0.15, 0.2) is 24.3 Å². The van der Waals surface area contributed by atoms with Crippen molar-refractivity contribution in [1.82, 2.24) is 10.2 Å². The third kappa shape index (κ3) is 3.15. The van der Waals surface area contributed by atoms with Crippen LogP contribution in [0, 0.1) is 5.41 Å². The smallest absolute Gasteiger partial charge is 0.118 e. The van der Waals surface area contributed by atoms with Crippen molar-refractivity contribution in [1.29, 1.82) is 0 Å². The summed E-state index contributed by atoms with van der Waals surface area (Å²) in [6.07, 6.45) is 5.49. The fourth-order valence-corrected chi connectivity index (χ4v) is 3.80. The van der Waals surface area contributed by atoms with Crippen LogP contribution in [0.3, 0.4) is 0 Å². The number of piperidine rings is 2. The number of methoxy groups -OCH3 is 1. The lowest BCUT2D eigenvalue weighted by molar-refractivity contribution is 0.0551. The van der Waals surface area contributed by atoms with Gasteiger partial charge in [-0.1, -0.05) is 12.1 Å². The first kappa shape index (κ1) is 13.9. The van der Waals surface area contributed by atoms with Crippen molar-refractivity contribution in [2.45, 2.75) is 32.2 Å². The maximum Gasteiger partial charge on any atom is 0.118 e. The van der Waals surface area contributed by atoms with Gasteiger partial charge < -0.3 is 10.1 Å². The van der Waals surface area contributed by atoms with E-state index in [-0.39, 0.29) is 0 Å². The van der Waals surface area contributed by atoms with Crippen LogP contribution in [0.1, 0.15) is 31.2 Å². The lowest BCUT2D eigenvalue weighted by atomic mass is 9.73. The van der Waals surface area contributed by atoms with E-state index in [1.165, 1.54) is 57.4 Å². The lowest BCUT2D eigenvalue weighted by Gasteiger charge is -2.45. The molecular weight excluding hydrogens is 248 g/mol. The summed E-state index contributed by atoms with van der Waals surface area (Å²) in [5, 5.41) is 3.50. The topological polar surface area (TPSA) is 24.5 Å². The molecule has 0 unspecified atom stereocenters. The highest BCUT2D eigenvalue weighted by molar-refractivity contribution is 5.27. The number of hydrogen-bond acceptors (Lipinski definition) is 3. The van der Waals surface area contributed by atoms with E-state index in [1.54, 1.807) is 7.11 Å². The molecule has 0 atom stereocenters. The maximum atomic E-state index is 5.23. The van der Waals surface area contributed by atoms with Crippen LogP contribution < -0.4 is 10.1 Å². The van der Waals surface area contributed by atoms with E-state index in [0.29, 0.717) is 5.41 Å². The molecular formula is C17H26N2O. The largest absolute Gasteiger partial charge is 0.497 e. The van der Waals surface area contributed by atoms with Gasteiger partial charge in [0.1, 0.15) is 5.75 Å². The van der Waals surface area contributed by atoms with E-state index in [1.807, 2.05) is 0 Å². The molecule has 3 heteroatoms. The molecule has 2 aliphatic heterocycles. The molecule has 2 heterocycles. The Bertz CT molecular complexity index is 418. The highest BCUT2D eigenvalue weighted by Gasteiger charge is 2.36. The van der Waals surface area contributed by atoms with E-state index >= 15 is 0 Å². The van der Waals surface area contributed by atoms with Gasteiger partial charge in [-0.05, 0) is 68.4 Å². The van der Waals surface area contributed by atoms with Crippen LogP contribution in [0.2, 0.25) is 0 Å². The van der Waals surface area contributed by atoms with Gasteiger partial charge in [0.2, 0.25) is 0 Å². The molecule has 0 saturated carbocycles. The van der Waals surface area contributed by atoms with Crippen molar-refractivity contribution < 1.29 is 4.74 Å². The van der Waals surface area contributed by atoms with E-state index in [2.05, 4.69) is 34.5 Å². The normalized spacial score (nSPS) is 22.9. The fourth-order valence-electron chi connectivity index (χ4n) is 3.80. The number of likely N-dealkylation sites (tertiary alicyclic amines) is 1. The van der Waals surface area contributed by atoms with Crippen molar-refractivity contribution in [2.75, 3.05) is 33.3 Å². The van der Waals surface area contributed by atoms with E-state index in [0.717, 1.165) is 12.3 Å². The van der Waals surface area contributed by atoms with E-state index in [9.17, 15) is 0 Å². The van der Waals surface area contributed by atoms with E-state index < -0.39 is 0 Å². The molecule has 0 aliphatic carbocycles. The summed E-state index contributed by atoms with van der Waals surface area (Å²) in [6.45, 7) is 6.02. The molecule has 20 heavy (non-hydrogen) atoms. The minimum atomic E-state index is 0.593. The van der Waals surface area contributed by atoms with Crippen LogP contribution >= 0.6 is 0 Å². The molecule has 110 valence electrons. The Morgan fingerprint density at radius 2 is 1.90 bits per heavy atom. The van der Waals surface area contributed by atoms with Crippen LogP contribution in [0.4, 0.5) is 0 Å². The quantitative estimate of drug-likeness (QED) is 0.917. The van der Waals surface area contributed by atoms with Crippen molar-refractivity contribution >= 4 is 0 Å². The molecule has 0 bridgehead atoms. The third-order valence-corrected chi connectivity index (χ3v) is 4.97. The number of benzene rings is 1. The van der Waals surface area contributed by atoms with Crippen LogP contribution in [-0.2, 0) is 6.54 Å². The summed E-state index contributed by atoms with van der Waals surface area (Å²) >= 11 is 0. The zero-order chi connectivity index (χ0) is 13.8. The summed E-state index contributed by atoms with van der Waals surface area (Å²) < 4.78 is 5.23. The Morgan fingerprint density at radius 1 is 1.15 bits per heavy atom. The first-order valence-corrected chi connectivity index (χ1v) is 7.86. The van der Waals surface area contributed by atoms with Crippen molar-refractivity contribution in [3.63, 3.8) is 0 Å². The second kappa shape index (κ2) is 6.15. The summed E-state index contributed by atoms with van der Waals surface area (Å²) in [5.74, 6) is 0.946. The van der Waals surface area contributed by atoms with Gasteiger partial charge in [-0.25, -0.2) is 0 Å². The molecule has 2 fully saturated rings. The highest BCUT2D eigenvalue weighted by atomic mass is 16.5. The van der Waals surface area contributed by atoms with E-state index in [4.69, 9.17) is 4.74 Å². The van der Waals surface area contributed by atoms with Crippen molar-refractivity contribution in [3.05, 3.63) is 29.8 Å². The number of ether oxygens (including phenoxy) is 1. The van der Waals surface area contributed by atoms with Gasteiger partial charge in [-0.3, -0.25) is 4.90 Å². The zero-order valence-corrected chi connectivity index (χ0v) is 12.5. The molecule has 2 saturated heterocycles. The average molecular weight is 274 g/mol. The molecule has 0 aromatic heterocycles. The predicted molar refractivity (Wildman–Crippen MR) is 82.0 cm³/mol. The minimum absolute atomic E-state index is 0.593. The molecule has 3 rings (SSSR count). The SMILES string of the molecule is COc1ccc(CN2CCCC3(CCNCC3)C2)cc1. The molecule has 0 amide bonds. The van der Waals surface area contributed by atoms with Crippen LogP contribution in [0.5, 0.6) is 5.75 Å². The summed E-state index contributed by atoms with van der Waals surface area (Å²) in [5.41, 5.74) is 1.99. The number of hydrogen-bond donors (Lipinski definition) is 1. The fraction of sp³-hybridized carbons (Fsp3) is 0.647. The Morgan fingerprint density at radius 3 is 2.60 bits per heavy atom. The molecule has 1 aromatic carbocycles. The van der Waals surface area contributed by atoms with Gasteiger partial charge in [-0.2, -0.15) is 0 Å². The number of nitrogens with zero attached hydrogens (tertiary/aromatic N) is 1. The zero-order valence-electron chi connectivity index (χ0n) is 12.5. The van der Waals surface area contributed by atoms with Gasteiger partial charge in [0.15, 0.2) is 0 Å². The van der Waals surface area contributed by atoms with Crippen LogP contribution in [0.25, 0.3) is 0 Å². The second-order valence-corrected chi connectivity index (χ2v) is 6.41. The first-order chi connectivity index (χ1) is 9.80. The summed E-state index contributed by atoms with van der Waals surface area (Å²) in [6, 6.07) is 8.53. The molecule has 1 aromatic rings. The third-order valence-electron chi connectivity index (χ3n) is 4.97.